The summed E-state index contributed by atoms with van der Waals surface area (Å²) in [4.78, 5) is 2.32. The Balaban J connectivity index is 2.43. The maximum Gasteiger partial charge on any atom is 0.246 e. The fraction of sp³-hybridized carbons (Fsp3) is 0.571. The van der Waals surface area contributed by atoms with Crippen LogP contribution in [0.2, 0.25) is 0 Å². The van der Waals surface area contributed by atoms with Gasteiger partial charge in [-0.2, -0.15) is 4.31 Å². The highest BCUT2D eigenvalue weighted by Crippen LogP contribution is 2.35. The van der Waals surface area contributed by atoms with Crippen LogP contribution in [-0.2, 0) is 10.0 Å². The minimum absolute atomic E-state index is 0.202. The van der Waals surface area contributed by atoms with Crippen LogP contribution in [0.1, 0.15) is 5.56 Å². The molecule has 1 aromatic carbocycles. The summed E-state index contributed by atoms with van der Waals surface area (Å²) in [6, 6.07) is 3.22. The molecule has 1 aliphatic heterocycles. The van der Waals surface area contributed by atoms with E-state index in [1.54, 1.807) is 26.2 Å². The molecule has 6 nitrogen and oxygen atoms in total. The van der Waals surface area contributed by atoms with Crippen LogP contribution in [-0.4, -0.2) is 65.1 Å². The lowest BCUT2D eigenvalue weighted by atomic mass is 10.2. The zero-order chi connectivity index (χ0) is 15.6. The zero-order valence-corrected chi connectivity index (χ0v) is 13.7. The fourth-order valence-corrected chi connectivity index (χ4v) is 4.13. The number of nitrogens with zero attached hydrogens (tertiary/aromatic N) is 2. The van der Waals surface area contributed by atoms with Crippen molar-refractivity contribution in [3.8, 4) is 11.5 Å². The minimum atomic E-state index is -3.55. The Bertz CT molecular complexity index is 608. The summed E-state index contributed by atoms with van der Waals surface area (Å²) in [7, 11) is 1.47. The third kappa shape index (κ3) is 3.00. The van der Waals surface area contributed by atoms with Gasteiger partial charge in [0.05, 0.1) is 14.2 Å². The van der Waals surface area contributed by atoms with Crippen molar-refractivity contribution in [2.75, 3.05) is 47.4 Å². The van der Waals surface area contributed by atoms with E-state index in [1.807, 2.05) is 7.05 Å². The molecule has 0 spiro atoms. The van der Waals surface area contributed by atoms with Crippen LogP contribution in [0.25, 0.3) is 0 Å². The second kappa shape index (κ2) is 6.21. The molecule has 1 fully saturated rings. The number of rotatable bonds is 4. The average molecular weight is 314 g/mol. The molecule has 2 rings (SSSR count). The Morgan fingerprint density at radius 3 is 2.19 bits per heavy atom. The Morgan fingerprint density at radius 1 is 1.05 bits per heavy atom. The van der Waals surface area contributed by atoms with Crippen LogP contribution in [0.4, 0.5) is 0 Å². The Kier molecular flexibility index (Phi) is 4.75. The lowest BCUT2D eigenvalue weighted by Gasteiger charge is -2.32. The van der Waals surface area contributed by atoms with Gasteiger partial charge >= 0.3 is 0 Å². The number of benzene rings is 1. The summed E-state index contributed by atoms with van der Waals surface area (Å²) in [6.45, 7) is 4.24. The average Bonchev–Trinajstić information content (AvgIpc) is 2.47. The molecular weight excluding hydrogens is 292 g/mol. The van der Waals surface area contributed by atoms with E-state index in [0.29, 0.717) is 30.2 Å². The zero-order valence-electron chi connectivity index (χ0n) is 12.9. The van der Waals surface area contributed by atoms with Crippen LogP contribution in [0.5, 0.6) is 11.5 Å². The summed E-state index contributed by atoms with van der Waals surface area (Å²) in [5.41, 5.74) is 0.690. The number of hydrogen-bond donors (Lipinski definition) is 0. The molecule has 21 heavy (non-hydrogen) atoms. The van der Waals surface area contributed by atoms with E-state index in [2.05, 4.69) is 4.90 Å². The van der Waals surface area contributed by atoms with Gasteiger partial charge in [0, 0.05) is 31.7 Å². The highest BCUT2D eigenvalue weighted by atomic mass is 32.2. The third-order valence-electron chi connectivity index (χ3n) is 3.82. The lowest BCUT2D eigenvalue weighted by Crippen LogP contribution is -2.47. The normalized spacial score (nSPS) is 17.7. The van der Waals surface area contributed by atoms with E-state index >= 15 is 0 Å². The number of sulfonamides is 1. The molecule has 0 aromatic heterocycles. The summed E-state index contributed by atoms with van der Waals surface area (Å²) in [5, 5.41) is 0. The molecule has 7 heteroatoms. The number of ether oxygens (including phenoxy) is 2. The van der Waals surface area contributed by atoms with Crippen molar-refractivity contribution in [2.24, 2.45) is 0 Å². The molecular formula is C14H22N2O4S. The second-order valence-corrected chi connectivity index (χ2v) is 7.04. The largest absolute Gasteiger partial charge is 0.496 e. The summed E-state index contributed by atoms with van der Waals surface area (Å²) < 4.78 is 37.7. The standard InChI is InChI=1S/C14H22N2O4S/c1-11-12(19-3)5-6-13(14(11)20-4)21(17,18)16-9-7-15(2)8-10-16/h5-6H,7-10H2,1-4H3. The SMILES string of the molecule is COc1ccc(S(=O)(=O)N2CCN(C)CC2)c(OC)c1C. The first-order valence-corrected chi connectivity index (χ1v) is 8.26. The van der Waals surface area contributed by atoms with Crippen molar-refractivity contribution < 1.29 is 17.9 Å². The van der Waals surface area contributed by atoms with Crippen LogP contribution in [0, 0.1) is 6.92 Å². The van der Waals surface area contributed by atoms with Gasteiger partial charge in [0.1, 0.15) is 16.4 Å². The first-order chi connectivity index (χ1) is 9.91. The van der Waals surface area contributed by atoms with Gasteiger partial charge in [-0.15, -0.1) is 0 Å². The molecule has 0 N–H and O–H groups in total. The Hall–Kier alpha value is -1.31. The van der Waals surface area contributed by atoms with E-state index in [9.17, 15) is 8.42 Å². The molecule has 118 valence electrons. The summed E-state index contributed by atoms with van der Waals surface area (Å²) in [5.74, 6) is 0.970. The van der Waals surface area contributed by atoms with Gasteiger partial charge in [-0.1, -0.05) is 0 Å². The van der Waals surface area contributed by atoms with Gasteiger partial charge in [-0.05, 0) is 26.1 Å². The van der Waals surface area contributed by atoms with E-state index in [4.69, 9.17) is 9.47 Å². The second-order valence-electron chi connectivity index (χ2n) is 5.13. The molecule has 1 saturated heterocycles. The Labute approximate surface area is 126 Å². The smallest absolute Gasteiger partial charge is 0.246 e. The molecule has 0 bridgehead atoms. The van der Waals surface area contributed by atoms with Gasteiger partial charge in [-0.25, -0.2) is 8.42 Å². The maximum absolute atomic E-state index is 12.8. The molecule has 1 aliphatic rings. The fourth-order valence-electron chi connectivity index (χ4n) is 2.49. The van der Waals surface area contributed by atoms with E-state index in [-0.39, 0.29) is 4.90 Å². The van der Waals surface area contributed by atoms with Crippen molar-refractivity contribution >= 4 is 10.0 Å². The van der Waals surface area contributed by atoms with Gasteiger partial charge < -0.3 is 14.4 Å². The van der Waals surface area contributed by atoms with E-state index in [1.165, 1.54) is 11.4 Å². The van der Waals surface area contributed by atoms with Crippen LogP contribution in [0.15, 0.2) is 17.0 Å². The van der Waals surface area contributed by atoms with Gasteiger partial charge in [-0.3, -0.25) is 0 Å². The van der Waals surface area contributed by atoms with Gasteiger partial charge in [0.2, 0.25) is 10.0 Å². The number of methoxy groups -OCH3 is 2. The van der Waals surface area contributed by atoms with E-state index in [0.717, 1.165) is 13.1 Å². The summed E-state index contributed by atoms with van der Waals surface area (Å²) in [6.07, 6.45) is 0. The maximum atomic E-state index is 12.8. The van der Waals surface area contributed by atoms with Crippen molar-refractivity contribution in [1.82, 2.24) is 9.21 Å². The third-order valence-corrected chi connectivity index (χ3v) is 5.75. The minimum Gasteiger partial charge on any atom is -0.496 e. The first-order valence-electron chi connectivity index (χ1n) is 6.82. The molecule has 1 heterocycles. The predicted molar refractivity (Wildman–Crippen MR) is 80.5 cm³/mol. The predicted octanol–water partition coefficient (Wildman–Crippen LogP) is 0.948. The molecule has 0 aliphatic carbocycles. The van der Waals surface area contributed by atoms with Crippen molar-refractivity contribution in [2.45, 2.75) is 11.8 Å². The summed E-state index contributed by atoms with van der Waals surface area (Å²) >= 11 is 0. The van der Waals surface area contributed by atoms with Gasteiger partial charge in [0.25, 0.3) is 0 Å². The quantitative estimate of drug-likeness (QED) is 0.828. The van der Waals surface area contributed by atoms with Crippen LogP contribution in [0.3, 0.4) is 0 Å². The van der Waals surface area contributed by atoms with Crippen molar-refractivity contribution in [1.29, 1.82) is 0 Å². The van der Waals surface area contributed by atoms with Crippen molar-refractivity contribution in [3.05, 3.63) is 17.7 Å². The molecule has 0 saturated carbocycles. The topological polar surface area (TPSA) is 59.1 Å². The molecule has 0 atom stereocenters. The monoisotopic (exact) mass is 314 g/mol. The first kappa shape index (κ1) is 16.1. The highest BCUT2D eigenvalue weighted by Gasteiger charge is 2.31. The van der Waals surface area contributed by atoms with Gasteiger partial charge in [0.15, 0.2) is 0 Å². The molecule has 0 unspecified atom stereocenters. The highest BCUT2D eigenvalue weighted by molar-refractivity contribution is 7.89. The number of piperazine rings is 1. The van der Waals surface area contributed by atoms with Crippen LogP contribution >= 0.6 is 0 Å². The molecule has 0 radical (unpaired) electrons. The number of likely N-dealkylation sites (N-methyl/N-ethyl adjacent to an activating group) is 1. The van der Waals surface area contributed by atoms with Crippen molar-refractivity contribution in [3.63, 3.8) is 0 Å². The lowest BCUT2D eigenvalue weighted by molar-refractivity contribution is 0.222. The van der Waals surface area contributed by atoms with E-state index < -0.39 is 10.0 Å². The Morgan fingerprint density at radius 2 is 1.67 bits per heavy atom. The van der Waals surface area contributed by atoms with Crippen LogP contribution < -0.4 is 9.47 Å². The molecule has 0 amide bonds. The molecule has 1 aromatic rings. The number of hydrogen-bond acceptors (Lipinski definition) is 5.